The molecule has 0 saturated carbocycles. The standard InChI is InChI=1S/C27H29BrClN3O4S/c1-4-30-27(34)20(3)31(17-21-8-10-22(28)11-9-21)26(33)18-32(24-7-5-6-19(2)16-24)37(35,36)25-14-12-23(29)13-15-25/h5-16,20H,4,17-18H2,1-3H3,(H,30,34)/t20-/m1/s1. The van der Waals surface area contributed by atoms with Crippen molar-refractivity contribution in [2.75, 3.05) is 17.4 Å². The van der Waals surface area contributed by atoms with Gasteiger partial charge in [0.05, 0.1) is 10.6 Å². The van der Waals surface area contributed by atoms with Crippen LogP contribution in [0.3, 0.4) is 0 Å². The predicted molar refractivity (Wildman–Crippen MR) is 150 cm³/mol. The lowest BCUT2D eigenvalue weighted by atomic mass is 10.1. The highest BCUT2D eigenvalue weighted by atomic mass is 79.9. The highest BCUT2D eigenvalue weighted by Gasteiger charge is 2.32. The van der Waals surface area contributed by atoms with Crippen molar-refractivity contribution in [1.82, 2.24) is 10.2 Å². The minimum Gasteiger partial charge on any atom is -0.355 e. The second kappa shape index (κ2) is 12.6. The van der Waals surface area contributed by atoms with Crippen molar-refractivity contribution in [3.05, 3.63) is 93.4 Å². The quantitative estimate of drug-likeness (QED) is 0.346. The molecule has 0 saturated heterocycles. The number of carbonyl (C=O) groups excluding carboxylic acids is 2. The third-order valence-corrected chi connectivity index (χ3v) is 8.32. The summed E-state index contributed by atoms with van der Waals surface area (Å²) in [4.78, 5) is 27.9. The van der Waals surface area contributed by atoms with Gasteiger partial charge in [-0.2, -0.15) is 0 Å². The van der Waals surface area contributed by atoms with Gasteiger partial charge in [0.25, 0.3) is 10.0 Å². The van der Waals surface area contributed by atoms with E-state index in [4.69, 9.17) is 11.6 Å². The van der Waals surface area contributed by atoms with Gasteiger partial charge in [-0.3, -0.25) is 13.9 Å². The Morgan fingerprint density at radius 3 is 2.27 bits per heavy atom. The summed E-state index contributed by atoms with van der Waals surface area (Å²) in [6.45, 7) is 5.32. The first-order valence-electron chi connectivity index (χ1n) is 11.7. The number of sulfonamides is 1. The van der Waals surface area contributed by atoms with Crippen LogP contribution in [0.4, 0.5) is 5.69 Å². The molecule has 0 spiro atoms. The average molecular weight is 607 g/mol. The summed E-state index contributed by atoms with van der Waals surface area (Å²) in [5.41, 5.74) is 1.98. The zero-order chi connectivity index (χ0) is 27.2. The van der Waals surface area contributed by atoms with Crippen LogP contribution < -0.4 is 9.62 Å². The normalized spacial score (nSPS) is 12.0. The number of hydrogen-bond donors (Lipinski definition) is 1. The van der Waals surface area contributed by atoms with Crippen molar-refractivity contribution >= 4 is 55.1 Å². The SMILES string of the molecule is CCNC(=O)[C@@H](C)N(Cc1ccc(Br)cc1)C(=O)CN(c1cccc(C)c1)S(=O)(=O)c1ccc(Cl)cc1. The number of carbonyl (C=O) groups is 2. The Balaban J connectivity index is 2.02. The molecule has 0 aliphatic carbocycles. The highest BCUT2D eigenvalue weighted by molar-refractivity contribution is 9.10. The molecule has 0 heterocycles. The van der Waals surface area contributed by atoms with Gasteiger partial charge in [-0.15, -0.1) is 0 Å². The smallest absolute Gasteiger partial charge is 0.264 e. The fraction of sp³-hybridized carbons (Fsp3) is 0.259. The van der Waals surface area contributed by atoms with Crippen LogP contribution in [0.15, 0.2) is 82.2 Å². The minimum absolute atomic E-state index is 0.00226. The van der Waals surface area contributed by atoms with Gasteiger partial charge in [0, 0.05) is 22.6 Å². The average Bonchev–Trinajstić information content (AvgIpc) is 2.86. The monoisotopic (exact) mass is 605 g/mol. The van der Waals surface area contributed by atoms with Crippen molar-refractivity contribution in [2.45, 2.75) is 38.3 Å². The number of rotatable bonds is 10. The van der Waals surface area contributed by atoms with Gasteiger partial charge in [-0.05, 0) is 80.4 Å². The fourth-order valence-electron chi connectivity index (χ4n) is 3.74. The van der Waals surface area contributed by atoms with Crippen molar-refractivity contribution in [3.8, 4) is 0 Å². The summed E-state index contributed by atoms with van der Waals surface area (Å²) in [5.74, 6) is -0.837. The number of amides is 2. The Morgan fingerprint density at radius 2 is 1.68 bits per heavy atom. The van der Waals surface area contributed by atoms with Crippen LogP contribution in [0.25, 0.3) is 0 Å². The van der Waals surface area contributed by atoms with Crippen molar-refractivity contribution in [2.24, 2.45) is 0 Å². The van der Waals surface area contributed by atoms with Crippen molar-refractivity contribution in [1.29, 1.82) is 0 Å². The lowest BCUT2D eigenvalue weighted by Gasteiger charge is -2.32. The van der Waals surface area contributed by atoms with E-state index in [1.807, 2.05) is 37.3 Å². The maximum Gasteiger partial charge on any atom is 0.264 e. The van der Waals surface area contributed by atoms with Crippen LogP contribution in [-0.4, -0.2) is 44.3 Å². The summed E-state index contributed by atoms with van der Waals surface area (Å²) >= 11 is 9.37. The van der Waals surface area contributed by atoms with E-state index in [0.717, 1.165) is 19.9 Å². The molecule has 0 unspecified atom stereocenters. The largest absolute Gasteiger partial charge is 0.355 e. The number of anilines is 1. The van der Waals surface area contributed by atoms with E-state index in [-0.39, 0.29) is 17.3 Å². The predicted octanol–water partition coefficient (Wildman–Crippen LogP) is 5.16. The second-order valence-electron chi connectivity index (χ2n) is 8.52. The van der Waals surface area contributed by atoms with E-state index in [9.17, 15) is 18.0 Å². The molecule has 7 nitrogen and oxygen atoms in total. The van der Waals surface area contributed by atoms with E-state index in [1.165, 1.54) is 29.2 Å². The molecule has 0 bridgehead atoms. The van der Waals surface area contributed by atoms with Gasteiger partial charge in [-0.1, -0.05) is 51.8 Å². The summed E-state index contributed by atoms with van der Waals surface area (Å²) in [6, 6.07) is 19.3. The summed E-state index contributed by atoms with van der Waals surface area (Å²) in [6.07, 6.45) is 0. The van der Waals surface area contributed by atoms with E-state index >= 15 is 0 Å². The molecular weight excluding hydrogens is 578 g/mol. The lowest BCUT2D eigenvalue weighted by Crippen LogP contribution is -2.51. The minimum atomic E-state index is -4.13. The topological polar surface area (TPSA) is 86.8 Å². The maximum absolute atomic E-state index is 13.8. The first kappa shape index (κ1) is 28.7. The van der Waals surface area contributed by atoms with E-state index in [2.05, 4.69) is 21.2 Å². The van der Waals surface area contributed by atoms with Crippen LogP contribution >= 0.6 is 27.5 Å². The highest BCUT2D eigenvalue weighted by Crippen LogP contribution is 2.26. The van der Waals surface area contributed by atoms with E-state index in [0.29, 0.717) is 17.3 Å². The second-order valence-corrected chi connectivity index (χ2v) is 11.7. The molecule has 0 fully saturated rings. The molecule has 3 aromatic rings. The molecule has 196 valence electrons. The van der Waals surface area contributed by atoms with Crippen LogP contribution in [0.5, 0.6) is 0 Å². The zero-order valence-electron chi connectivity index (χ0n) is 20.8. The summed E-state index contributed by atoms with van der Waals surface area (Å²) in [7, 11) is -4.13. The molecule has 0 aliphatic rings. The number of benzene rings is 3. The Kier molecular flexibility index (Phi) is 9.75. The molecule has 1 N–H and O–H groups in total. The molecule has 0 radical (unpaired) electrons. The molecule has 3 aromatic carbocycles. The number of nitrogens with zero attached hydrogens (tertiary/aromatic N) is 2. The Bertz CT molecular complexity index is 1350. The number of likely N-dealkylation sites (N-methyl/N-ethyl adjacent to an activating group) is 1. The molecule has 0 aromatic heterocycles. The Hall–Kier alpha value is -2.88. The van der Waals surface area contributed by atoms with E-state index in [1.54, 1.807) is 32.0 Å². The van der Waals surface area contributed by atoms with Crippen LogP contribution in [0.1, 0.15) is 25.0 Å². The number of halogens is 2. The third-order valence-electron chi connectivity index (χ3n) is 5.75. The van der Waals surface area contributed by atoms with Crippen LogP contribution in [0.2, 0.25) is 5.02 Å². The van der Waals surface area contributed by atoms with Crippen molar-refractivity contribution in [3.63, 3.8) is 0 Å². The molecule has 10 heteroatoms. The summed E-state index contributed by atoms with van der Waals surface area (Å²) < 4.78 is 29.4. The van der Waals surface area contributed by atoms with Gasteiger partial charge >= 0.3 is 0 Å². The first-order valence-corrected chi connectivity index (χ1v) is 14.3. The zero-order valence-corrected chi connectivity index (χ0v) is 24.0. The molecule has 3 rings (SSSR count). The van der Waals surface area contributed by atoms with Crippen LogP contribution in [-0.2, 0) is 26.2 Å². The lowest BCUT2D eigenvalue weighted by molar-refractivity contribution is -0.139. The van der Waals surface area contributed by atoms with Crippen molar-refractivity contribution < 1.29 is 18.0 Å². The van der Waals surface area contributed by atoms with Gasteiger partial charge < -0.3 is 10.2 Å². The van der Waals surface area contributed by atoms with Gasteiger partial charge in [0.15, 0.2) is 0 Å². The summed E-state index contributed by atoms with van der Waals surface area (Å²) in [5, 5.41) is 3.14. The van der Waals surface area contributed by atoms with Gasteiger partial charge in [0.2, 0.25) is 11.8 Å². The maximum atomic E-state index is 13.8. The molecule has 37 heavy (non-hydrogen) atoms. The van der Waals surface area contributed by atoms with Gasteiger partial charge in [-0.25, -0.2) is 8.42 Å². The molecule has 0 aliphatic heterocycles. The van der Waals surface area contributed by atoms with Gasteiger partial charge in [0.1, 0.15) is 12.6 Å². The first-order chi connectivity index (χ1) is 17.5. The molecule has 1 atom stereocenters. The number of hydrogen-bond acceptors (Lipinski definition) is 4. The Morgan fingerprint density at radius 1 is 1.03 bits per heavy atom. The van der Waals surface area contributed by atoms with Crippen LogP contribution in [0, 0.1) is 6.92 Å². The number of nitrogens with one attached hydrogen (secondary N) is 1. The Labute approximate surface area is 231 Å². The molecular formula is C27H29BrClN3O4S. The molecule has 2 amide bonds. The number of aryl methyl sites for hydroxylation is 1. The third kappa shape index (κ3) is 7.34. The van der Waals surface area contributed by atoms with E-state index < -0.39 is 28.5 Å². The fourth-order valence-corrected chi connectivity index (χ4v) is 5.53.